The van der Waals surface area contributed by atoms with Crippen molar-refractivity contribution in [1.82, 2.24) is 0 Å². The maximum Gasteiger partial charge on any atom is 0.188 e. The first-order chi connectivity index (χ1) is 6.27. The molecule has 72 valence electrons. The maximum atomic E-state index is 5.68. The van der Waals surface area contributed by atoms with Gasteiger partial charge in [0.25, 0.3) is 0 Å². The Balaban J connectivity index is 2.73. The van der Waals surface area contributed by atoms with E-state index in [-0.39, 0.29) is 6.79 Å². The van der Waals surface area contributed by atoms with Crippen molar-refractivity contribution < 1.29 is 14.2 Å². The lowest BCUT2D eigenvalue weighted by Gasteiger charge is -2.08. The smallest absolute Gasteiger partial charge is 0.188 e. The van der Waals surface area contributed by atoms with Crippen LogP contribution < -0.4 is 15.2 Å². The van der Waals surface area contributed by atoms with Crippen LogP contribution in [0.1, 0.15) is 0 Å². The highest BCUT2D eigenvalue weighted by atomic mass is 16.7. The molecular formula is C9H13NO3. The molecule has 4 heteroatoms. The number of methoxy groups -OCH3 is 2. The third-order valence-corrected chi connectivity index (χ3v) is 1.55. The first-order valence-corrected chi connectivity index (χ1v) is 3.83. The molecule has 2 N–H and O–H groups in total. The second-order valence-corrected chi connectivity index (χ2v) is 2.45. The number of hydrogen-bond donors (Lipinski definition) is 1. The third-order valence-electron chi connectivity index (χ3n) is 1.55. The molecule has 0 amide bonds. The molecule has 0 fully saturated rings. The van der Waals surface area contributed by atoms with Crippen LogP contribution in [-0.2, 0) is 4.74 Å². The van der Waals surface area contributed by atoms with Crippen molar-refractivity contribution in [2.24, 2.45) is 0 Å². The van der Waals surface area contributed by atoms with Gasteiger partial charge in [-0.1, -0.05) is 0 Å². The quantitative estimate of drug-likeness (QED) is 0.564. The third kappa shape index (κ3) is 2.52. The Bertz CT molecular complexity index is 276. The predicted molar refractivity (Wildman–Crippen MR) is 49.9 cm³/mol. The van der Waals surface area contributed by atoms with Gasteiger partial charge in [0.05, 0.1) is 12.8 Å². The second kappa shape index (κ2) is 4.57. The van der Waals surface area contributed by atoms with E-state index in [1.807, 2.05) is 0 Å². The zero-order chi connectivity index (χ0) is 9.68. The number of anilines is 1. The Morgan fingerprint density at radius 1 is 1.31 bits per heavy atom. The summed E-state index contributed by atoms with van der Waals surface area (Å²) in [4.78, 5) is 0. The highest BCUT2D eigenvalue weighted by Crippen LogP contribution is 2.25. The highest BCUT2D eigenvalue weighted by molar-refractivity contribution is 5.56. The molecular weight excluding hydrogens is 170 g/mol. The average molecular weight is 183 g/mol. The minimum Gasteiger partial charge on any atom is -0.497 e. The molecule has 0 saturated carbocycles. The van der Waals surface area contributed by atoms with Gasteiger partial charge in [0, 0.05) is 13.2 Å². The van der Waals surface area contributed by atoms with Crippen molar-refractivity contribution in [1.29, 1.82) is 0 Å². The van der Waals surface area contributed by atoms with E-state index in [1.54, 1.807) is 32.4 Å². The van der Waals surface area contributed by atoms with Gasteiger partial charge in [-0.25, -0.2) is 0 Å². The van der Waals surface area contributed by atoms with E-state index < -0.39 is 0 Å². The maximum absolute atomic E-state index is 5.68. The standard InChI is InChI=1S/C9H13NO3/c1-11-6-13-9-4-3-7(12-2)5-8(9)10/h3-5H,6,10H2,1-2H3. The van der Waals surface area contributed by atoms with Crippen molar-refractivity contribution >= 4 is 5.69 Å². The van der Waals surface area contributed by atoms with Crippen molar-refractivity contribution in [2.75, 3.05) is 26.7 Å². The lowest BCUT2D eigenvalue weighted by molar-refractivity contribution is 0.0516. The van der Waals surface area contributed by atoms with E-state index in [2.05, 4.69) is 0 Å². The summed E-state index contributed by atoms with van der Waals surface area (Å²) in [5.74, 6) is 1.31. The number of rotatable bonds is 4. The average Bonchev–Trinajstić information content (AvgIpc) is 2.16. The molecule has 0 aromatic heterocycles. The lowest BCUT2D eigenvalue weighted by atomic mass is 10.3. The van der Waals surface area contributed by atoms with Gasteiger partial charge in [-0.3, -0.25) is 0 Å². The van der Waals surface area contributed by atoms with E-state index in [0.717, 1.165) is 0 Å². The van der Waals surface area contributed by atoms with Crippen LogP contribution in [0.5, 0.6) is 11.5 Å². The van der Waals surface area contributed by atoms with Crippen LogP contribution >= 0.6 is 0 Å². The van der Waals surface area contributed by atoms with Crippen molar-refractivity contribution in [3.63, 3.8) is 0 Å². The number of nitrogens with two attached hydrogens (primary N) is 1. The molecule has 0 aliphatic carbocycles. The molecule has 0 saturated heterocycles. The monoisotopic (exact) mass is 183 g/mol. The summed E-state index contributed by atoms with van der Waals surface area (Å²) in [6.45, 7) is 0.191. The molecule has 1 rings (SSSR count). The van der Waals surface area contributed by atoms with Crippen LogP contribution in [0.4, 0.5) is 5.69 Å². The Morgan fingerprint density at radius 3 is 2.62 bits per heavy atom. The molecule has 13 heavy (non-hydrogen) atoms. The summed E-state index contributed by atoms with van der Waals surface area (Å²) in [6, 6.07) is 5.22. The highest BCUT2D eigenvalue weighted by Gasteiger charge is 2.01. The van der Waals surface area contributed by atoms with Crippen LogP contribution in [0.15, 0.2) is 18.2 Å². The van der Waals surface area contributed by atoms with E-state index >= 15 is 0 Å². The van der Waals surface area contributed by atoms with Crippen molar-refractivity contribution in [3.8, 4) is 11.5 Å². The van der Waals surface area contributed by atoms with Crippen LogP contribution in [-0.4, -0.2) is 21.0 Å². The van der Waals surface area contributed by atoms with Gasteiger partial charge in [-0.15, -0.1) is 0 Å². The fourth-order valence-electron chi connectivity index (χ4n) is 0.907. The van der Waals surface area contributed by atoms with Gasteiger partial charge < -0.3 is 19.9 Å². The zero-order valence-electron chi connectivity index (χ0n) is 7.74. The fraction of sp³-hybridized carbons (Fsp3) is 0.333. The van der Waals surface area contributed by atoms with Gasteiger partial charge in [0.2, 0.25) is 0 Å². The molecule has 4 nitrogen and oxygen atoms in total. The van der Waals surface area contributed by atoms with Gasteiger partial charge in [-0.05, 0) is 12.1 Å². The molecule has 0 atom stereocenters. The van der Waals surface area contributed by atoms with Gasteiger partial charge >= 0.3 is 0 Å². The van der Waals surface area contributed by atoms with Crippen LogP contribution in [0.25, 0.3) is 0 Å². The zero-order valence-corrected chi connectivity index (χ0v) is 7.74. The topological polar surface area (TPSA) is 53.7 Å². The minimum absolute atomic E-state index is 0.191. The number of hydrogen-bond acceptors (Lipinski definition) is 4. The van der Waals surface area contributed by atoms with Crippen LogP contribution in [0.3, 0.4) is 0 Å². The molecule has 0 bridgehead atoms. The van der Waals surface area contributed by atoms with Gasteiger partial charge in [0.15, 0.2) is 6.79 Å². The molecule has 0 heterocycles. The molecule has 0 unspecified atom stereocenters. The molecule has 1 aromatic carbocycles. The van der Waals surface area contributed by atoms with Gasteiger partial charge in [-0.2, -0.15) is 0 Å². The van der Waals surface area contributed by atoms with E-state index in [0.29, 0.717) is 17.2 Å². The minimum atomic E-state index is 0.191. The summed E-state index contributed by atoms with van der Waals surface area (Å²) >= 11 is 0. The normalized spacial score (nSPS) is 9.69. The van der Waals surface area contributed by atoms with Crippen LogP contribution in [0, 0.1) is 0 Å². The first kappa shape index (κ1) is 9.67. The Labute approximate surface area is 77.2 Å². The predicted octanol–water partition coefficient (Wildman–Crippen LogP) is 1.26. The summed E-state index contributed by atoms with van der Waals surface area (Å²) in [5, 5.41) is 0. The van der Waals surface area contributed by atoms with E-state index in [9.17, 15) is 0 Å². The molecule has 0 spiro atoms. The van der Waals surface area contributed by atoms with Crippen LogP contribution in [0.2, 0.25) is 0 Å². The number of benzene rings is 1. The molecule has 1 aromatic rings. The summed E-state index contributed by atoms with van der Waals surface area (Å²) in [5.41, 5.74) is 6.22. The Hall–Kier alpha value is -1.42. The SMILES string of the molecule is COCOc1ccc(OC)cc1N. The van der Waals surface area contributed by atoms with Crippen molar-refractivity contribution in [3.05, 3.63) is 18.2 Å². The second-order valence-electron chi connectivity index (χ2n) is 2.45. The summed E-state index contributed by atoms with van der Waals surface area (Å²) in [7, 11) is 3.14. The van der Waals surface area contributed by atoms with E-state index in [4.69, 9.17) is 19.9 Å². The lowest BCUT2D eigenvalue weighted by Crippen LogP contribution is -2.01. The first-order valence-electron chi connectivity index (χ1n) is 3.83. The summed E-state index contributed by atoms with van der Waals surface area (Å²) < 4.78 is 14.9. The molecule has 0 aliphatic rings. The van der Waals surface area contributed by atoms with E-state index in [1.165, 1.54) is 0 Å². The Morgan fingerprint density at radius 2 is 2.08 bits per heavy atom. The largest absolute Gasteiger partial charge is 0.497 e. The summed E-state index contributed by atoms with van der Waals surface area (Å²) in [6.07, 6.45) is 0. The number of nitrogen functional groups attached to an aromatic ring is 1. The molecule has 0 aliphatic heterocycles. The number of ether oxygens (including phenoxy) is 3. The molecule has 0 radical (unpaired) electrons. The van der Waals surface area contributed by atoms with Crippen molar-refractivity contribution in [2.45, 2.75) is 0 Å². The fourth-order valence-corrected chi connectivity index (χ4v) is 0.907. The van der Waals surface area contributed by atoms with Gasteiger partial charge in [0.1, 0.15) is 11.5 Å². The Kier molecular flexibility index (Phi) is 3.40.